The monoisotopic (exact) mass is 266 g/mol. The van der Waals surface area contributed by atoms with Gasteiger partial charge in [0.25, 0.3) is 5.95 Å². The topological polar surface area (TPSA) is 88.5 Å². The summed E-state index contributed by atoms with van der Waals surface area (Å²) in [6, 6.07) is 3.53. The van der Waals surface area contributed by atoms with E-state index < -0.39 is 0 Å². The summed E-state index contributed by atoms with van der Waals surface area (Å²) in [6.45, 7) is 0. The van der Waals surface area contributed by atoms with Crippen molar-refractivity contribution in [2.24, 2.45) is 0 Å². The second-order valence-corrected chi connectivity index (χ2v) is 4.64. The van der Waals surface area contributed by atoms with Crippen molar-refractivity contribution in [2.45, 2.75) is 12.5 Å². The van der Waals surface area contributed by atoms with Crippen LogP contribution in [-0.4, -0.2) is 43.1 Å². The third-order valence-electron chi connectivity index (χ3n) is 2.47. The van der Waals surface area contributed by atoms with Crippen molar-refractivity contribution in [3.63, 3.8) is 0 Å². The average Bonchev–Trinajstić information content (AvgIpc) is 3.02. The number of thioether (sulfide) groups is 1. The summed E-state index contributed by atoms with van der Waals surface area (Å²) in [7, 11) is 0. The Bertz CT molecular complexity index is 469. The zero-order chi connectivity index (χ0) is 12.8. The SMILES string of the molecule is CSCC[C@H](C(=O)Nc1nn[nH]n1)n1cccc1. The Balaban J connectivity index is 2.06. The smallest absolute Gasteiger partial charge is 0.269 e. The summed E-state index contributed by atoms with van der Waals surface area (Å²) in [6.07, 6.45) is 6.52. The molecule has 0 aliphatic rings. The highest BCUT2D eigenvalue weighted by Gasteiger charge is 2.20. The van der Waals surface area contributed by atoms with Gasteiger partial charge in [-0.3, -0.25) is 10.1 Å². The third-order valence-corrected chi connectivity index (χ3v) is 3.11. The molecule has 0 aromatic carbocycles. The molecule has 0 aliphatic heterocycles. The van der Waals surface area contributed by atoms with Crippen LogP contribution in [0.5, 0.6) is 0 Å². The van der Waals surface area contributed by atoms with Crippen LogP contribution < -0.4 is 5.32 Å². The molecular formula is C10H14N6OS. The van der Waals surface area contributed by atoms with Crippen LogP contribution in [-0.2, 0) is 4.79 Å². The van der Waals surface area contributed by atoms with E-state index in [1.54, 1.807) is 11.8 Å². The maximum Gasteiger partial charge on any atom is 0.269 e. The molecule has 0 aliphatic carbocycles. The molecule has 2 rings (SSSR count). The van der Waals surface area contributed by atoms with Gasteiger partial charge in [-0.05, 0) is 35.8 Å². The molecule has 2 aromatic rings. The van der Waals surface area contributed by atoms with Crippen molar-refractivity contribution in [3.8, 4) is 0 Å². The summed E-state index contributed by atoms with van der Waals surface area (Å²) in [5, 5.41) is 15.7. The molecule has 0 saturated carbocycles. The normalized spacial score (nSPS) is 12.3. The first-order valence-corrected chi connectivity index (χ1v) is 6.86. The molecule has 0 bridgehead atoms. The lowest BCUT2D eigenvalue weighted by Crippen LogP contribution is -2.26. The number of hydrogen-bond acceptors (Lipinski definition) is 5. The molecular weight excluding hydrogens is 252 g/mol. The summed E-state index contributed by atoms with van der Waals surface area (Å²) in [5.41, 5.74) is 0. The van der Waals surface area contributed by atoms with Gasteiger partial charge in [-0.15, -0.1) is 5.10 Å². The van der Waals surface area contributed by atoms with Gasteiger partial charge in [-0.2, -0.15) is 17.0 Å². The number of tetrazole rings is 1. The van der Waals surface area contributed by atoms with Crippen molar-refractivity contribution >= 4 is 23.6 Å². The van der Waals surface area contributed by atoms with Crippen molar-refractivity contribution in [1.82, 2.24) is 25.2 Å². The van der Waals surface area contributed by atoms with Gasteiger partial charge in [-0.1, -0.05) is 5.10 Å². The maximum absolute atomic E-state index is 12.2. The predicted octanol–water partition coefficient (Wildman–Crippen LogP) is 0.934. The van der Waals surface area contributed by atoms with Crippen molar-refractivity contribution in [3.05, 3.63) is 24.5 Å². The van der Waals surface area contributed by atoms with E-state index in [1.165, 1.54) is 0 Å². The zero-order valence-corrected chi connectivity index (χ0v) is 10.7. The molecule has 96 valence electrons. The molecule has 0 saturated heterocycles. The van der Waals surface area contributed by atoms with E-state index in [4.69, 9.17) is 0 Å². The van der Waals surface area contributed by atoms with Gasteiger partial charge in [0, 0.05) is 12.4 Å². The number of rotatable bonds is 6. The molecule has 0 radical (unpaired) electrons. The largest absolute Gasteiger partial charge is 0.342 e. The Hall–Kier alpha value is -1.83. The number of carbonyl (C=O) groups is 1. The van der Waals surface area contributed by atoms with Crippen LogP contribution in [0, 0.1) is 0 Å². The first kappa shape index (κ1) is 12.6. The van der Waals surface area contributed by atoms with Gasteiger partial charge in [0.15, 0.2) is 0 Å². The Kier molecular flexibility index (Phi) is 4.35. The summed E-state index contributed by atoms with van der Waals surface area (Å²) >= 11 is 1.71. The lowest BCUT2D eigenvalue weighted by Gasteiger charge is -2.16. The number of carbonyl (C=O) groups excluding carboxylic acids is 1. The predicted molar refractivity (Wildman–Crippen MR) is 69.3 cm³/mol. The zero-order valence-electron chi connectivity index (χ0n) is 9.91. The molecule has 1 amide bonds. The number of H-pyrrole nitrogens is 1. The van der Waals surface area contributed by atoms with Gasteiger partial charge < -0.3 is 4.57 Å². The minimum Gasteiger partial charge on any atom is -0.342 e. The van der Waals surface area contributed by atoms with E-state index in [0.717, 1.165) is 12.2 Å². The van der Waals surface area contributed by atoms with E-state index in [0.29, 0.717) is 0 Å². The number of aromatic amines is 1. The molecule has 2 N–H and O–H groups in total. The Labute approximate surface area is 108 Å². The van der Waals surface area contributed by atoms with E-state index in [2.05, 4.69) is 25.9 Å². The molecule has 0 unspecified atom stereocenters. The number of hydrogen-bond donors (Lipinski definition) is 2. The number of anilines is 1. The summed E-state index contributed by atoms with van der Waals surface area (Å²) in [5.74, 6) is 0.964. The van der Waals surface area contributed by atoms with E-state index >= 15 is 0 Å². The third kappa shape index (κ3) is 3.10. The summed E-state index contributed by atoms with van der Waals surface area (Å²) < 4.78 is 1.88. The van der Waals surface area contributed by atoms with Crippen LogP contribution >= 0.6 is 11.8 Å². The lowest BCUT2D eigenvalue weighted by molar-refractivity contribution is -0.119. The Morgan fingerprint density at radius 3 is 2.94 bits per heavy atom. The van der Waals surface area contributed by atoms with Crippen molar-refractivity contribution < 1.29 is 4.79 Å². The quantitative estimate of drug-likeness (QED) is 0.812. The van der Waals surface area contributed by atoms with Gasteiger partial charge in [0.1, 0.15) is 6.04 Å². The van der Waals surface area contributed by atoms with Crippen LogP contribution in [0.4, 0.5) is 5.95 Å². The van der Waals surface area contributed by atoms with Crippen molar-refractivity contribution in [1.29, 1.82) is 0 Å². The highest BCUT2D eigenvalue weighted by Crippen LogP contribution is 2.16. The Morgan fingerprint density at radius 1 is 1.56 bits per heavy atom. The first-order chi connectivity index (χ1) is 8.81. The van der Waals surface area contributed by atoms with Crippen LogP contribution in [0.1, 0.15) is 12.5 Å². The van der Waals surface area contributed by atoms with Crippen LogP contribution in [0.15, 0.2) is 24.5 Å². The van der Waals surface area contributed by atoms with Gasteiger partial charge in [0.2, 0.25) is 5.91 Å². The summed E-state index contributed by atoms with van der Waals surface area (Å²) in [4.78, 5) is 12.2. The highest BCUT2D eigenvalue weighted by molar-refractivity contribution is 7.98. The number of amides is 1. The number of nitrogens with one attached hydrogen (secondary N) is 2. The van der Waals surface area contributed by atoms with Crippen LogP contribution in [0.25, 0.3) is 0 Å². The molecule has 2 heterocycles. The van der Waals surface area contributed by atoms with Crippen LogP contribution in [0.2, 0.25) is 0 Å². The molecule has 2 aromatic heterocycles. The molecule has 7 nitrogen and oxygen atoms in total. The molecule has 1 atom stereocenters. The number of aromatic nitrogens is 5. The van der Waals surface area contributed by atoms with Gasteiger partial charge in [0.05, 0.1) is 0 Å². The first-order valence-electron chi connectivity index (χ1n) is 5.47. The Morgan fingerprint density at radius 2 is 2.33 bits per heavy atom. The van der Waals surface area contributed by atoms with E-state index in [-0.39, 0.29) is 17.9 Å². The molecule has 0 spiro atoms. The maximum atomic E-state index is 12.2. The fraction of sp³-hybridized carbons (Fsp3) is 0.400. The second kappa shape index (κ2) is 6.20. The minimum atomic E-state index is -0.258. The average molecular weight is 266 g/mol. The molecule has 18 heavy (non-hydrogen) atoms. The second-order valence-electron chi connectivity index (χ2n) is 3.65. The lowest BCUT2D eigenvalue weighted by atomic mass is 10.2. The van der Waals surface area contributed by atoms with E-state index in [9.17, 15) is 4.79 Å². The fourth-order valence-electron chi connectivity index (χ4n) is 1.61. The molecule has 8 heteroatoms. The standard InChI is InChI=1S/C10H14N6OS/c1-18-7-4-8(16-5-2-3-6-16)9(17)11-10-12-14-15-13-10/h2-3,5-6,8H,4,7H2,1H3,(H2,11,12,13,14,15,17)/t8-/m1/s1. The fourth-order valence-corrected chi connectivity index (χ4v) is 2.07. The molecule has 0 fully saturated rings. The minimum absolute atomic E-state index is 0.137. The van der Waals surface area contributed by atoms with Gasteiger partial charge >= 0.3 is 0 Å². The van der Waals surface area contributed by atoms with Gasteiger partial charge in [-0.25, -0.2) is 0 Å². The van der Waals surface area contributed by atoms with E-state index in [1.807, 2.05) is 35.3 Å². The highest BCUT2D eigenvalue weighted by atomic mass is 32.2. The van der Waals surface area contributed by atoms with Crippen LogP contribution in [0.3, 0.4) is 0 Å². The van der Waals surface area contributed by atoms with Crippen molar-refractivity contribution in [2.75, 3.05) is 17.3 Å². The number of nitrogens with zero attached hydrogens (tertiary/aromatic N) is 4.